The quantitative estimate of drug-likeness (QED) is 0.643. The molecule has 2 heterocycles. The number of hydrogen-bond donors (Lipinski definition) is 2. The molecule has 3 rings (SSSR count). The normalized spacial score (nSPS) is 16.9. The zero-order valence-electron chi connectivity index (χ0n) is 7.09. The molecule has 0 atom stereocenters. The van der Waals surface area contributed by atoms with E-state index in [9.17, 15) is 0 Å². The van der Waals surface area contributed by atoms with E-state index < -0.39 is 0 Å². The highest BCUT2D eigenvalue weighted by atomic mass is 16.7. The number of benzene rings is 1. The Morgan fingerprint density at radius 1 is 0.929 bits per heavy atom. The van der Waals surface area contributed by atoms with Crippen molar-refractivity contribution in [1.82, 2.24) is 0 Å². The molecule has 0 unspecified atom stereocenters. The van der Waals surface area contributed by atoms with Crippen molar-refractivity contribution >= 4 is 11.8 Å². The number of nitrogens with one attached hydrogen (secondary N) is 2. The van der Waals surface area contributed by atoms with Crippen molar-refractivity contribution in [2.45, 2.75) is 0 Å². The van der Waals surface area contributed by atoms with E-state index in [1.54, 1.807) is 12.1 Å². The Morgan fingerprint density at radius 3 is 1.93 bits per heavy atom. The van der Waals surface area contributed by atoms with Crippen LogP contribution in [0.4, 0.5) is 0 Å². The molecule has 5 nitrogen and oxygen atoms in total. The van der Waals surface area contributed by atoms with Gasteiger partial charge in [0.05, 0.1) is 11.1 Å². The average molecular weight is 190 g/mol. The minimum atomic E-state index is -0.0108. The Morgan fingerprint density at radius 2 is 1.43 bits per heavy atom. The summed E-state index contributed by atoms with van der Waals surface area (Å²) in [5, 5.41) is 14.9. The molecule has 2 aliphatic rings. The molecule has 0 aromatic heterocycles. The summed E-state index contributed by atoms with van der Waals surface area (Å²) in [7, 11) is 0. The molecule has 1 aromatic rings. The number of fused-ring (bicyclic) bond motifs is 2. The second kappa shape index (κ2) is 2.25. The van der Waals surface area contributed by atoms with Crippen LogP contribution < -0.4 is 9.47 Å². The molecular weight excluding hydrogens is 184 g/mol. The summed E-state index contributed by atoms with van der Waals surface area (Å²) >= 11 is 0. The van der Waals surface area contributed by atoms with Gasteiger partial charge in [0.25, 0.3) is 0 Å². The first-order valence-electron chi connectivity index (χ1n) is 4.05. The summed E-state index contributed by atoms with van der Waals surface area (Å²) in [6, 6.07) is 3.34. The number of hydrogen-bond acceptors (Lipinski definition) is 5. The average Bonchev–Trinajstić information content (AvgIpc) is 2.70. The predicted octanol–water partition coefficient (Wildman–Crippen LogP) is 1.10. The maximum atomic E-state index is 7.46. The zero-order valence-corrected chi connectivity index (χ0v) is 7.09. The Bertz CT molecular complexity index is 426. The fraction of sp³-hybridized carbons (Fsp3) is 0.111. The molecule has 14 heavy (non-hydrogen) atoms. The maximum Gasteiger partial charge on any atom is 0.231 e. The van der Waals surface area contributed by atoms with E-state index in [0.717, 1.165) is 0 Å². The van der Waals surface area contributed by atoms with Crippen LogP contribution in [-0.4, -0.2) is 18.6 Å². The topological polar surface area (TPSA) is 75.4 Å². The van der Waals surface area contributed by atoms with E-state index >= 15 is 0 Å². The molecule has 5 heteroatoms. The third kappa shape index (κ3) is 0.783. The second-order valence-corrected chi connectivity index (χ2v) is 3.01. The monoisotopic (exact) mass is 190 g/mol. The first kappa shape index (κ1) is 7.37. The van der Waals surface area contributed by atoms with Gasteiger partial charge in [-0.15, -0.1) is 0 Å². The van der Waals surface area contributed by atoms with Gasteiger partial charge in [-0.25, -0.2) is 0 Å². The minimum Gasteiger partial charge on any atom is -0.454 e. The second-order valence-electron chi connectivity index (χ2n) is 3.01. The molecule has 0 saturated carbocycles. The summed E-state index contributed by atoms with van der Waals surface area (Å²) in [5.41, 5.74) is 1.17. The molecule has 0 bridgehead atoms. The molecule has 0 saturated heterocycles. The molecule has 1 aromatic carbocycles. The Kier molecular flexibility index (Phi) is 1.19. The van der Waals surface area contributed by atoms with Crippen molar-refractivity contribution in [3.8, 4) is 11.5 Å². The smallest absolute Gasteiger partial charge is 0.231 e. The van der Waals surface area contributed by atoms with Gasteiger partial charge in [0.1, 0.15) is 0 Å². The van der Waals surface area contributed by atoms with Crippen molar-refractivity contribution in [3.63, 3.8) is 0 Å². The van der Waals surface area contributed by atoms with E-state index in [-0.39, 0.29) is 18.6 Å². The van der Waals surface area contributed by atoms with Crippen molar-refractivity contribution in [3.05, 3.63) is 23.3 Å². The van der Waals surface area contributed by atoms with Crippen molar-refractivity contribution in [2.24, 2.45) is 0 Å². The zero-order chi connectivity index (χ0) is 9.71. The lowest BCUT2D eigenvalue weighted by atomic mass is 10.1. The number of rotatable bonds is 0. The van der Waals surface area contributed by atoms with Crippen molar-refractivity contribution in [2.75, 3.05) is 6.79 Å². The van der Waals surface area contributed by atoms with Crippen molar-refractivity contribution in [1.29, 1.82) is 10.8 Å². The van der Waals surface area contributed by atoms with Gasteiger partial charge in [0, 0.05) is 0 Å². The SMILES string of the molecule is N=C1OC(=N)c2cc3c(cc21)OCO3. The van der Waals surface area contributed by atoms with Crippen LogP contribution in [0.3, 0.4) is 0 Å². The summed E-state index contributed by atoms with van der Waals surface area (Å²) in [6.07, 6.45) is 0. The maximum absolute atomic E-state index is 7.46. The van der Waals surface area contributed by atoms with Gasteiger partial charge in [0.2, 0.25) is 18.6 Å². The molecule has 2 aliphatic heterocycles. The Labute approximate surface area is 79.2 Å². The van der Waals surface area contributed by atoms with Crippen LogP contribution in [0.2, 0.25) is 0 Å². The summed E-state index contributed by atoms with van der Waals surface area (Å²) in [4.78, 5) is 0. The lowest BCUT2D eigenvalue weighted by molar-refractivity contribution is 0.174. The van der Waals surface area contributed by atoms with Crippen LogP contribution in [0.1, 0.15) is 11.1 Å². The third-order valence-corrected chi connectivity index (χ3v) is 2.21. The highest BCUT2D eigenvalue weighted by Gasteiger charge is 2.28. The van der Waals surface area contributed by atoms with Gasteiger partial charge in [-0.1, -0.05) is 0 Å². The fourth-order valence-corrected chi connectivity index (χ4v) is 1.53. The minimum absolute atomic E-state index is 0.0108. The molecule has 0 fully saturated rings. The first-order chi connectivity index (χ1) is 6.75. The molecule has 0 aliphatic carbocycles. The lowest BCUT2D eigenvalue weighted by Crippen LogP contribution is -1.97. The van der Waals surface area contributed by atoms with Crippen LogP contribution >= 0.6 is 0 Å². The number of ether oxygens (including phenoxy) is 3. The highest BCUT2D eigenvalue weighted by molar-refractivity contribution is 6.17. The van der Waals surface area contributed by atoms with Gasteiger partial charge in [-0.2, -0.15) is 0 Å². The van der Waals surface area contributed by atoms with E-state index in [0.29, 0.717) is 22.6 Å². The Balaban J connectivity index is 2.26. The van der Waals surface area contributed by atoms with Crippen LogP contribution in [0, 0.1) is 10.8 Å². The van der Waals surface area contributed by atoms with Gasteiger partial charge in [-0.3, -0.25) is 10.8 Å². The molecule has 0 radical (unpaired) electrons. The predicted molar refractivity (Wildman–Crippen MR) is 47.3 cm³/mol. The Hall–Kier alpha value is -2.04. The van der Waals surface area contributed by atoms with E-state index in [1.165, 1.54) is 0 Å². The molecule has 2 N–H and O–H groups in total. The molecular formula is C9H6N2O3. The van der Waals surface area contributed by atoms with Gasteiger partial charge in [-0.05, 0) is 12.1 Å². The lowest BCUT2D eigenvalue weighted by Gasteiger charge is -1.97. The largest absolute Gasteiger partial charge is 0.454 e. The standard InChI is InChI=1S/C9H6N2O3/c10-8-4-1-6-7(13-3-12-6)2-5(4)9(11)14-8/h1-2,10-11H,3H2. The van der Waals surface area contributed by atoms with Crippen molar-refractivity contribution < 1.29 is 14.2 Å². The molecule has 70 valence electrons. The highest BCUT2D eigenvalue weighted by Crippen LogP contribution is 2.37. The van der Waals surface area contributed by atoms with Gasteiger partial charge in [0.15, 0.2) is 11.5 Å². The van der Waals surface area contributed by atoms with E-state index in [2.05, 4.69) is 0 Å². The first-order valence-corrected chi connectivity index (χ1v) is 4.05. The summed E-state index contributed by atoms with van der Waals surface area (Å²) in [6.45, 7) is 0.194. The molecule has 0 spiro atoms. The fourth-order valence-electron chi connectivity index (χ4n) is 1.53. The van der Waals surface area contributed by atoms with Crippen LogP contribution in [0.25, 0.3) is 0 Å². The van der Waals surface area contributed by atoms with Crippen LogP contribution in [0.5, 0.6) is 11.5 Å². The molecule has 0 amide bonds. The van der Waals surface area contributed by atoms with Gasteiger partial charge < -0.3 is 14.2 Å². The van der Waals surface area contributed by atoms with Crippen LogP contribution in [-0.2, 0) is 4.74 Å². The summed E-state index contributed by atoms with van der Waals surface area (Å²) in [5.74, 6) is 1.19. The van der Waals surface area contributed by atoms with Gasteiger partial charge >= 0.3 is 0 Å². The van der Waals surface area contributed by atoms with E-state index in [4.69, 9.17) is 25.0 Å². The van der Waals surface area contributed by atoms with E-state index in [1.807, 2.05) is 0 Å². The third-order valence-electron chi connectivity index (χ3n) is 2.21. The summed E-state index contributed by atoms with van der Waals surface area (Å²) < 4.78 is 15.2. The van der Waals surface area contributed by atoms with Crippen LogP contribution in [0.15, 0.2) is 12.1 Å².